The summed E-state index contributed by atoms with van der Waals surface area (Å²) in [6.45, 7) is 4.32. The molecular formula is C19H21ClN2O2. The summed E-state index contributed by atoms with van der Waals surface area (Å²) in [6, 6.07) is 13.0. The number of hydrogen-bond acceptors (Lipinski definition) is 2. The number of amides is 2. The normalized spacial score (nSPS) is 10.3. The van der Waals surface area contributed by atoms with Gasteiger partial charge in [-0.1, -0.05) is 55.8 Å². The maximum atomic E-state index is 12.2. The molecule has 0 saturated heterocycles. The molecule has 0 aliphatic carbocycles. The van der Waals surface area contributed by atoms with Crippen LogP contribution in [0.1, 0.15) is 30.5 Å². The molecule has 0 bridgehead atoms. The van der Waals surface area contributed by atoms with Crippen molar-refractivity contribution in [1.82, 2.24) is 5.32 Å². The van der Waals surface area contributed by atoms with E-state index in [1.807, 2.05) is 44.2 Å². The fourth-order valence-electron chi connectivity index (χ4n) is 2.44. The number of carbonyl (C=O) groups excluding carboxylic acids is 2. The van der Waals surface area contributed by atoms with Crippen LogP contribution in [-0.4, -0.2) is 11.8 Å². The lowest BCUT2D eigenvalue weighted by molar-refractivity contribution is -0.136. The van der Waals surface area contributed by atoms with E-state index in [0.717, 1.165) is 35.2 Å². The molecule has 0 fully saturated rings. The molecule has 126 valence electrons. The maximum Gasteiger partial charge on any atom is 0.313 e. The molecule has 4 nitrogen and oxygen atoms in total. The highest BCUT2D eigenvalue weighted by molar-refractivity contribution is 6.39. The van der Waals surface area contributed by atoms with Crippen LogP contribution in [0.15, 0.2) is 42.5 Å². The molecule has 0 heterocycles. The number of rotatable bonds is 5. The summed E-state index contributed by atoms with van der Waals surface area (Å²) in [5.74, 6) is -1.31. The molecule has 0 spiro atoms. The van der Waals surface area contributed by atoms with Crippen LogP contribution in [0.5, 0.6) is 0 Å². The van der Waals surface area contributed by atoms with E-state index in [9.17, 15) is 9.59 Å². The van der Waals surface area contributed by atoms with Gasteiger partial charge in [0.2, 0.25) is 0 Å². The molecule has 2 amide bonds. The van der Waals surface area contributed by atoms with Crippen molar-refractivity contribution in [1.29, 1.82) is 0 Å². The van der Waals surface area contributed by atoms with Crippen LogP contribution in [0.25, 0.3) is 0 Å². The lowest BCUT2D eigenvalue weighted by Gasteiger charge is -2.14. The second-order valence-electron chi connectivity index (χ2n) is 5.42. The van der Waals surface area contributed by atoms with Crippen LogP contribution < -0.4 is 10.6 Å². The first-order valence-corrected chi connectivity index (χ1v) is 8.37. The Morgan fingerprint density at radius 1 is 0.917 bits per heavy atom. The third-order valence-corrected chi connectivity index (χ3v) is 4.06. The van der Waals surface area contributed by atoms with Crippen molar-refractivity contribution in [3.63, 3.8) is 0 Å². The molecular weight excluding hydrogens is 324 g/mol. The predicted octanol–water partition coefficient (Wildman–Crippen LogP) is 3.72. The van der Waals surface area contributed by atoms with E-state index in [1.165, 1.54) is 0 Å². The summed E-state index contributed by atoms with van der Waals surface area (Å²) < 4.78 is 0. The van der Waals surface area contributed by atoms with Gasteiger partial charge in [-0.2, -0.15) is 0 Å². The summed E-state index contributed by atoms with van der Waals surface area (Å²) in [5.41, 5.74) is 3.67. The van der Waals surface area contributed by atoms with Gasteiger partial charge in [-0.3, -0.25) is 9.59 Å². The zero-order chi connectivity index (χ0) is 17.5. The quantitative estimate of drug-likeness (QED) is 0.812. The molecule has 2 N–H and O–H groups in total. The van der Waals surface area contributed by atoms with E-state index in [2.05, 4.69) is 10.6 Å². The van der Waals surface area contributed by atoms with E-state index in [0.29, 0.717) is 5.02 Å². The zero-order valence-electron chi connectivity index (χ0n) is 13.9. The molecule has 0 aliphatic rings. The first kappa shape index (κ1) is 18.0. The largest absolute Gasteiger partial charge is 0.344 e. The molecule has 0 aromatic heterocycles. The average molecular weight is 345 g/mol. The van der Waals surface area contributed by atoms with E-state index < -0.39 is 11.8 Å². The van der Waals surface area contributed by atoms with Crippen molar-refractivity contribution in [2.75, 3.05) is 5.32 Å². The summed E-state index contributed by atoms with van der Waals surface area (Å²) in [6.07, 6.45) is 1.58. The highest BCUT2D eigenvalue weighted by Gasteiger charge is 2.16. The fraction of sp³-hybridized carbons (Fsp3) is 0.263. The van der Waals surface area contributed by atoms with Gasteiger partial charge in [-0.25, -0.2) is 0 Å². The lowest BCUT2D eigenvalue weighted by Crippen LogP contribution is -2.35. The van der Waals surface area contributed by atoms with Crippen LogP contribution in [0, 0.1) is 0 Å². The third kappa shape index (κ3) is 4.59. The first-order valence-electron chi connectivity index (χ1n) is 7.99. The summed E-state index contributed by atoms with van der Waals surface area (Å²) in [7, 11) is 0. The number of aryl methyl sites for hydroxylation is 2. The Morgan fingerprint density at radius 2 is 1.50 bits per heavy atom. The number of anilines is 1. The zero-order valence-corrected chi connectivity index (χ0v) is 14.6. The van der Waals surface area contributed by atoms with Crippen LogP contribution in [0.3, 0.4) is 0 Å². The first-order chi connectivity index (χ1) is 11.5. The van der Waals surface area contributed by atoms with E-state index in [1.54, 1.807) is 12.1 Å². The van der Waals surface area contributed by atoms with Gasteiger partial charge in [0.25, 0.3) is 0 Å². The Kier molecular flexibility index (Phi) is 6.38. The molecule has 0 aliphatic heterocycles. The molecule has 2 rings (SSSR count). The second-order valence-corrected chi connectivity index (χ2v) is 5.86. The Morgan fingerprint density at radius 3 is 2.04 bits per heavy atom. The van der Waals surface area contributed by atoms with Crippen LogP contribution in [-0.2, 0) is 29.0 Å². The summed E-state index contributed by atoms with van der Waals surface area (Å²) >= 11 is 5.82. The van der Waals surface area contributed by atoms with E-state index in [4.69, 9.17) is 11.6 Å². The molecule has 2 aromatic rings. The second kappa shape index (κ2) is 8.50. The number of halogens is 1. The molecule has 2 aromatic carbocycles. The van der Waals surface area contributed by atoms with Crippen LogP contribution in [0.2, 0.25) is 5.02 Å². The Balaban J connectivity index is 2.01. The predicted molar refractivity (Wildman–Crippen MR) is 97.1 cm³/mol. The highest BCUT2D eigenvalue weighted by atomic mass is 35.5. The Hall–Kier alpha value is -2.33. The molecule has 5 heteroatoms. The van der Waals surface area contributed by atoms with Gasteiger partial charge >= 0.3 is 11.8 Å². The van der Waals surface area contributed by atoms with Crippen molar-refractivity contribution in [3.05, 3.63) is 64.2 Å². The number of benzene rings is 2. The minimum absolute atomic E-state index is 0.277. The van der Waals surface area contributed by atoms with Gasteiger partial charge < -0.3 is 10.6 Å². The average Bonchev–Trinajstić information content (AvgIpc) is 2.61. The van der Waals surface area contributed by atoms with E-state index in [-0.39, 0.29) is 6.54 Å². The van der Waals surface area contributed by atoms with Gasteiger partial charge in [0.05, 0.1) is 0 Å². The standard InChI is InChI=1S/C19H21ClN2O2/c1-3-14-6-5-7-15(4-2)17(14)22-19(24)18(23)21-12-13-8-10-16(20)11-9-13/h5-11H,3-4,12H2,1-2H3,(H,21,23)(H,22,24). The Labute approximate surface area is 147 Å². The summed E-state index contributed by atoms with van der Waals surface area (Å²) in [5, 5.41) is 6.00. The number of para-hydroxylation sites is 1. The smallest absolute Gasteiger partial charge is 0.313 e. The van der Waals surface area contributed by atoms with Crippen molar-refractivity contribution >= 4 is 29.1 Å². The number of hydrogen-bond donors (Lipinski definition) is 2. The molecule has 0 unspecified atom stereocenters. The highest BCUT2D eigenvalue weighted by Crippen LogP contribution is 2.22. The van der Waals surface area contributed by atoms with Crippen molar-refractivity contribution < 1.29 is 9.59 Å². The minimum atomic E-state index is -0.655. The molecule has 24 heavy (non-hydrogen) atoms. The molecule has 0 atom stereocenters. The van der Waals surface area contributed by atoms with Crippen molar-refractivity contribution in [2.24, 2.45) is 0 Å². The van der Waals surface area contributed by atoms with Gasteiger partial charge in [-0.05, 0) is 41.7 Å². The lowest BCUT2D eigenvalue weighted by atomic mass is 10.0. The van der Waals surface area contributed by atoms with Crippen molar-refractivity contribution in [2.45, 2.75) is 33.2 Å². The van der Waals surface area contributed by atoms with Crippen molar-refractivity contribution in [3.8, 4) is 0 Å². The minimum Gasteiger partial charge on any atom is -0.344 e. The van der Waals surface area contributed by atoms with Crippen LogP contribution >= 0.6 is 11.6 Å². The van der Waals surface area contributed by atoms with Crippen LogP contribution in [0.4, 0.5) is 5.69 Å². The number of carbonyl (C=O) groups is 2. The molecule has 0 radical (unpaired) electrons. The van der Waals surface area contributed by atoms with Gasteiger partial charge in [0, 0.05) is 17.3 Å². The van der Waals surface area contributed by atoms with Gasteiger partial charge in [0.15, 0.2) is 0 Å². The monoisotopic (exact) mass is 344 g/mol. The van der Waals surface area contributed by atoms with E-state index >= 15 is 0 Å². The topological polar surface area (TPSA) is 58.2 Å². The maximum absolute atomic E-state index is 12.2. The molecule has 0 saturated carbocycles. The summed E-state index contributed by atoms with van der Waals surface area (Å²) in [4.78, 5) is 24.2. The SMILES string of the molecule is CCc1cccc(CC)c1NC(=O)C(=O)NCc1ccc(Cl)cc1. The Bertz CT molecular complexity index is 704. The van der Waals surface area contributed by atoms with Gasteiger partial charge in [-0.15, -0.1) is 0 Å². The number of nitrogens with one attached hydrogen (secondary N) is 2. The van der Waals surface area contributed by atoms with Gasteiger partial charge in [0.1, 0.15) is 0 Å². The third-order valence-electron chi connectivity index (χ3n) is 3.81. The fourth-order valence-corrected chi connectivity index (χ4v) is 2.56.